The highest BCUT2D eigenvalue weighted by molar-refractivity contribution is 6.42. The number of Topliss-reactive ketones (excluding diaryl/α,β-unsaturated/α-hetero) is 1. The molecule has 216 valence electrons. The molecule has 0 aliphatic carbocycles. The molecule has 5 rings (SSSR count). The number of carbonyl (C=O) groups is 2. The second-order valence-corrected chi connectivity index (χ2v) is 11.0. The van der Waals surface area contributed by atoms with E-state index in [9.17, 15) is 19.1 Å². The monoisotopic (exact) mass is 580 g/mol. The zero-order valence-electron chi connectivity index (χ0n) is 22.7. The van der Waals surface area contributed by atoms with Gasteiger partial charge in [-0.05, 0) is 66.9 Å². The van der Waals surface area contributed by atoms with Gasteiger partial charge in [0.25, 0.3) is 5.91 Å². The van der Waals surface area contributed by atoms with Crippen LogP contribution in [-0.2, 0) is 9.53 Å². The summed E-state index contributed by atoms with van der Waals surface area (Å²) in [6.07, 6.45) is 2.58. The molecule has 7 nitrogen and oxygen atoms in total. The van der Waals surface area contributed by atoms with Crippen LogP contribution in [0, 0.1) is 5.82 Å². The zero-order valence-corrected chi connectivity index (χ0v) is 23.5. The Morgan fingerprint density at radius 2 is 1.63 bits per heavy atom. The molecule has 0 saturated carbocycles. The first kappa shape index (κ1) is 29.2. The van der Waals surface area contributed by atoms with Gasteiger partial charge in [-0.15, -0.1) is 0 Å². The SMILES string of the molecule is O=C(N[C@H](CN1CCCC1)[C@H](O)c1ccc(OC2CCOCC2)c(Cl)c1)C(=O)c1ccc(-c2ccc(F)cc2)cc1. The van der Waals surface area contributed by atoms with Crippen molar-refractivity contribution in [1.29, 1.82) is 0 Å². The van der Waals surface area contributed by atoms with Crippen LogP contribution in [0.15, 0.2) is 66.7 Å². The number of hydrogen-bond donors (Lipinski definition) is 2. The quantitative estimate of drug-likeness (QED) is 0.253. The molecule has 0 bridgehead atoms. The van der Waals surface area contributed by atoms with Crippen LogP contribution in [0.2, 0.25) is 5.02 Å². The van der Waals surface area contributed by atoms with Crippen molar-refractivity contribution < 1.29 is 28.6 Å². The number of aliphatic hydroxyl groups is 1. The lowest BCUT2D eigenvalue weighted by atomic mass is 10.00. The molecule has 0 spiro atoms. The van der Waals surface area contributed by atoms with Crippen molar-refractivity contribution in [2.75, 3.05) is 32.8 Å². The van der Waals surface area contributed by atoms with E-state index in [1.807, 2.05) is 0 Å². The Balaban J connectivity index is 1.28. The number of hydrogen-bond acceptors (Lipinski definition) is 6. The Morgan fingerprint density at radius 3 is 2.27 bits per heavy atom. The Kier molecular flexibility index (Phi) is 9.67. The number of likely N-dealkylation sites (tertiary alicyclic amines) is 1. The standard InChI is InChI=1S/C32H34ClFN2O5/c33-27-19-24(9-12-29(27)41-26-13-17-40-18-14-26)30(37)28(20-36-15-1-2-16-36)35-32(39)31(38)23-5-3-21(4-6-23)22-7-10-25(34)11-8-22/h3-12,19,26,28,30,37H,1-2,13-18,20H2,(H,35,39)/t28-,30-/m1/s1. The Morgan fingerprint density at radius 1 is 1.00 bits per heavy atom. The molecule has 2 atom stereocenters. The lowest BCUT2D eigenvalue weighted by Gasteiger charge is -2.29. The first-order valence-corrected chi connectivity index (χ1v) is 14.4. The summed E-state index contributed by atoms with van der Waals surface area (Å²) in [4.78, 5) is 28.3. The van der Waals surface area contributed by atoms with Crippen molar-refractivity contribution in [3.8, 4) is 16.9 Å². The number of amides is 1. The van der Waals surface area contributed by atoms with Crippen LogP contribution in [0.4, 0.5) is 4.39 Å². The van der Waals surface area contributed by atoms with E-state index in [4.69, 9.17) is 21.1 Å². The van der Waals surface area contributed by atoms with Crippen LogP contribution in [-0.4, -0.2) is 66.7 Å². The van der Waals surface area contributed by atoms with E-state index in [0.717, 1.165) is 49.9 Å². The second kappa shape index (κ2) is 13.6. The van der Waals surface area contributed by atoms with Crippen molar-refractivity contribution in [1.82, 2.24) is 10.2 Å². The van der Waals surface area contributed by atoms with Gasteiger partial charge in [0, 0.05) is 24.9 Å². The fraction of sp³-hybridized carbons (Fsp3) is 0.375. The molecule has 2 aliphatic rings. The molecule has 0 aromatic heterocycles. The van der Waals surface area contributed by atoms with Crippen molar-refractivity contribution in [2.24, 2.45) is 0 Å². The molecule has 2 aliphatic heterocycles. The van der Waals surface area contributed by atoms with E-state index >= 15 is 0 Å². The predicted octanol–water partition coefficient (Wildman–Crippen LogP) is 5.20. The maximum absolute atomic E-state index is 13.3. The number of rotatable bonds is 10. The zero-order chi connectivity index (χ0) is 28.8. The van der Waals surface area contributed by atoms with Crippen molar-refractivity contribution in [3.63, 3.8) is 0 Å². The largest absolute Gasteiger partial charge is 0.489 e. The van der Waals surface area contributed by atoms with E-state index in [1.165, 1.54) is 12.1 Å². The lowest BCUT2D eigenvalue weighted by molar-refractivity contribution is -0.118. The van der Waals surface area contributed by atoms with Gasteiger partial charge in [0.2, 0.25) is 5.78 Å². The van der Waals surface area contributed by atoms with E-state index in [0.29, 0.717) is 36.1 Å². The van der Waals surface area contributed by atoms with Crippen LogP contribution in [0.5, 0.6) is 5.75 Å². The van der Waals surface area contributed by atoms with E-state index in [1.54, 1.807) is 54.6 Å². The Hall–Kier alpha value is -3.30. The van der Waals surface area contributed by atoms with Gasteiger partial charge in [0.15, 0.2) is 0 Å². The topological polar surface area (TPSA) is 88.1 Å². The molecule has 41 heavy (non-hydrogen) atoms. The predicted molar refractivity (Wildman–Crippen MR) is 155 cm³/mol. The van der Waals surface area contributed by atoms with Crippen LogP contribution < -0.4 is 10.1 Å². The molecule has 9 heteroatoms. The maximum atomic E-state index is 13.3. The number of benzene rings is 3. The molecule has 2 saturated heterocycles. The molecule has 1 amide bonds. The van der Waals surface area contributed by atoms with Gasteiger partial charge in [-0.1, -0.05) is 54.1 Å². The lowest BCUT2D eigenvalue weighted by Crippen LogP contribution is -2.48. The summed E-state index contributed by atoms with van der Waals surface area (Å²) in [5.74, 6) is -1.29. The second-order valence-electron chi connectivity index (χ2n) is 10.6. The van der Waals surface area contributed by atoms with Crippen molar-refractivity contribution in [3.05, 3.63) is 88.7 Å². The van der Waals surface area contributed by atoms with Gasteiger partial charge in [0.05, 0.1) is 24.3 Å². The van der Waals surface area contributed by atoms with Gasteiger partial charge < -0.3 is 24.8 Å². The summed E-state index contributed by atoms with van der Waals surface area (Å²) in [7, 11) is 0. The smallest absolute Gasteiger partial charge is 0.292 e. The van der Waals surface area contributed by atoms with E-state index < -0.39 is 23.8 Å². The van der Waals surface area contributed by atoms with E-state index in [2.05, 4.69) is 10.2 Å². The molecule has 2 fully saturated rings. The summed E-state index contributed by atoms with van der Waals surface area (Å²) in [6.45, 7) is 3.40. The highest BCUT2D eigenvalue weighted by Crippen LogP contribution is 2.31. The number of ketones is 1. The number of aliphatic hydroxyl groups excluding tert-OH is 1. The summed E-state index contributed by atoms with van der Waals surface area (Å²) in [5.41, 5.74) is 2.34. The summed E-state index contributed by atoms with van der Waals surface area (Å²) < 4.78 is 24.7. The molecular formula is C32H34ClFN2O5. The van der Waals surface area contributed by atoms with E-state index in [-0.39, 0.29) is 17.5 Å². The summed E-state index contributed by atoms with van der Waals surface area (Å²) in [5, 5.41) is 14.5. The number of nitrogens with zero attached hydrogens (tertiary/aromatic N) is 1. The number of carbonyl (C=O) groups excluding carboxylic acids is 2. The average Bonchev–Trinajstić information content (AvgIpc) is 3.51. The molecule has 2 N–H and O–H groups in total. The van der Waals surface area contributed by atoms with Gasteiger partial charge in [-0.3, -0.25) is 9.59 Å². The van der Waals surface area contributed by atoms with Crippen LogP contribution in [0.25, 0.3) is 11.1 Å². The van der Waals surface area contributed by atoms with Crippen LogP contribution in [0.1, 0.15) is 47.7 Å². The minimum Gasteiger partial charge on any atom is -0.489 e. The van der Waals surface area contributed by atoms with Gasteiger partial charge >= 0.3 is 0 Å². The van der Waals surface area contributed by atoms with Gasteiger partial charge in [0.1, 0.15) is 23.8 Å². The molecule has 3 aromatic rings. The normalized spacial score (nSPS) is 17.6. The molecule has 0 unspecified atom stereocenters. The number of nitrogens with one attached hydrogen (secondary N) is 1. The molecule has 3 aromatic carbocycles. The fourth-order valence-corrected chi connectivity index (χ4v) is 5.53. The molecule has 2 heterocycles. The van der Waals surface area contributed by atoms with Gasteiger partial charge in [-0.2, -0.15) is 0 Å². The maximum Gasteiger partial charge on any atom is 0.292 e. The third-order valence-electron chi connectivity index (χ3n) is 7.64. The third-order valence-corrected chi connectivity index (χ3v) is 7.94. The number of halogens is 2. The van der Waals surface area contributed by atoms with Crippen molar-refractivity contribution in [2.45, 2.75) is 43.9 Å². The first-order valence-electron chi connectivity index (χ1n) is 14.0. The van der Waals surface area contributed by atoms with Crippen LogP contribution >= 0.6 is 11.6 Å². The highest BCUT2D eigenvalue weighted by Gasteiger charge is 2.30. The first-order chi connectivity index (χ1) is 19.9. The van der Waals surface area contributed by atoms with Gasteiger partial charge in [-0.25, -0.2) is 4.39 Å². The minimum atomic E-state index is -1.09. The van der Waals surface area contributed by atoms with Crippen molar-refractivity contribution >= 4 is 23.3 Å². The highest BCUT2D eigenvalue weighted by atomic mass is 35.5. The summed E-state index contributed by atoms with van der Waals surface area (Å²) >= 11 is 6.53. The average molecular weight is 581 g/mol. The molecular weight excluding hydrogens is 547 g/mol. The fourth-order valence-electron chi connectivity index (χ4n) is 5.29. The Labute approximate surface area is 244 Å². The van der Waals surface area contributed by atoms with Crippen LogP contribution in [0.3, 0.4) is 0 Å². The molecule has 0 radical (unpaired) electrons. The number of ether oxygens (including phenoxy) is 2. The third kappa shape index (κ3) is 7.51. The Bertz CT molecular complexity index is 1340. The summed E-state index contributed by atoms with van der Waals surface area (Å²) in [6, 6.07) is 17.0. The minimum absolute atomic E-state index is 0.0231.